The van der Waals surface area contributed by atoms with Gasteiger partial charge in [-0.05, 0) is 6.42 Å². The highest BCUT2D eigenvalue weighted by atomic mass is 35.5. The summed E-state index contributed by atoms with van der Waals surface area (Å²) in [5, 5.41) is 0.284. The van der Waals surface area contributed by atoms with Crippen molar-refractivity contribution in [1.29, 1.82) is 0 Å². The summed E-state index contributed by atoms with van der Waals surface area (Å²) in [6.45, 7) is 3.85. The minimum absolute atomic E-state index is 0.284. The summed E-state index contributed by atoms with van der Waals surface area (Å²) in [5.74, 6) is 0.626. The second-order valence-electron chi connectivity index (χ2n) is 2.96. The summed E-state index contributed by atoms with van der Waals surface area (Å²) < 4.78 is 5.23. The van der Waals surface area contributed by atoms with Crippen molar-refractivity contribution < 1.29 is 4.74 Å². The van der Waals surface area contributed by atoms with Crippen LogP contribution >= 0.6 is 11.6 Å². The lowest BCUT2D eigenvalue weighted by Gasteiger charge is -2.09. The summed E-state index contributed by atoms with van der Waals surface area (Å²) >= 11 is 5.99. The molecule has 1 fully saturated rings. The third-order valence-corrected chi connectivity index (χ3v) is 2.53. The van der Waals surface area contributed by atoms with Gasteiger partial charge in [0.05, 0.1) is 18.6 Å². The van der Waals surface area contributed by atoms with Crippen molar-refractivity contribution >= 4 is 11.6 Å². The topological polar surface area (TPSA) is 9.23 Å². The fourth-order valence-corrected chi connectivity index (χ4v) is 1.59. The van der Waals surface area contributed by atoms with Crippen LogP contribution in [-0.4, -0.2) is 18.6 Å². The summed E-state index contributed by atoms with van der Waals surface area (Å²) in [5.41, 5.74) is 0. The molecule has 0 bridgehead atoms. The van der Waals surface area contributed by atoms with E-state index >= 15 is 0 Å². The molecular weight excluding hydrogens is 148 g/mol. The zero-order valence-electron chi connectivity index (χ0n) is 6.48. The van der Waals surface area contributed by atoms with Gasteiger partial charge in [0.1, 0.15) is 0 Å². The monoisotopic (exact) mass is 162 g/mol. The van der Waals surface area contributed by atoms with E-state index in [0.717, 1.165) is 13.2 Å². The average Bonchev–Trinajstić information content (AvgIpc) is 2.31. The van der Waals surface area contributed by atoms with Crippen LogP contribution in [-0.2, 0) is 4.74 Å². The third-order valence-electron chi connectivity index (χ3n) is 2.05. The molecule has 0 aliphatic carbocycles. The summed E-state index contributed by atoms with van der Waals surface area (Å²) in [6.07, 6.45) is 3.79. The lowest BCUT2D eigenvalue weighted by atomic mass is 10.0. The molecule has 1 aliphatic rings. The number of rotatable bonds is 3. The second-order valence-corrected chi connectivity index (χ2v) is 3.52. The van der Waals surface area contributed by atoms with Crippen LogP contribution in [0.5, 0.6) is 0 Å². The number of hydrogen-bond donors (Lipinski definition) is 0. The van der Waals surface area contributed by atoms with Crippen LogP contribution in [0.3, 0.4) is 0 Å². The molecule has 0 amide bonds. The Bertz CT molecular complexity index is 95.3. The Kier molecular flexibility index (Phi) is 3.50. The molecule has 0 aromatic heterocycles. The van der Waals surface area contributed by atoms with Crippen LogP contribution in [0.25, 0.3) is 0 Å². The number of hydrogen-bond acceptors (Lipinski definition) is 1. The standard InChI is InChI=1S/C8H15ClO/c1-2-3-4-7-5-10-6-8(7)9/h7-8H,2-6H2,1H3. The number of halogens is 1. The molecule has 0 saturated carbocycles. The van der Waals surface area contributed by atoms with Crippen molar-refractivity contribution in [3.8, 4) is 0 Å². The first-order chi connectivity index (χ1) is 4.84. The summed E-state index contributed by atoms with van der Waals surface area (Å²) in [4.78, 5) is 0. The number of ether oxygens (including phenoxy) is 1. The van der Waals surface area contributed by atoms with Gasteiger partial charge in [0.25, 0.3) is 0 Å². The average molecular weight is 163 g/mol. The Morgan fingerprint density at radius 3 is 2.80 bits per heavy atom. The SMILES string of the molecule is CCCCC1COCC1Cl. The molecule has 2 atom stereocenters. The molecular formula is C8H15ClO. The van der Waals surface area contributed by atoms with Gasteiger partial charge in [0.2, 0.25) is 0 Å². The first kappa shape index (κ1) is 8.35. The van der Waals surface area contributed by atoms with E-state index in [-0.39, 0.29) is 5.38 Å². The summed E-state index contributed by atoms with van der Waals surface area (Å²) in [6, 6.07) is 0. The van der Waals surface area contributed by atoms with E-state index in [4.69, 9.17) is 16.3 Å². The Morgan fingerprint density at radius 1 is 1.50 bits per heavy atom. The van der Waals surface area contributed by atoms with E-state index in [1.807, 2.05) is 0 Å². The second kappa shape index (κ2) is 4.20. The van der Waals surface area contributed by atoms with E-state index in [2.05, 4.69) is 6.92 Å². The molecule has 2 heteroatoms. The molecule has 1 aliphatic heterocycles. The van der Waals surface area contributed by atoms with E-state index in [9.17, 15) is 0 Å². The fourth-order valence-electron chi connectivity index (χ4n) is 1.30. The number of alkyl halides is 1. The van der Waals surface area contributed by atoms with Crippen molar-refractivity contribution in [2.75, 3.05) is 13.2 Å². The van der Waals surface area contributed by atoms with Crippen LogP contribution in [0.15, 0.2) is 0 Å². The normalized spacial score (nSPS) is 33.0. The Morgan fingerprint density at radius 2 is 2.30 bits per heavy atom. The molecule has 2 unspecified atom stereocenters. The first-order valence-corrected chi connectivity index (χ1v) is 4.50. The maximum atomic E-state index is 5.99. The highest BCUT2D eigenvalue weighted by Gasteiger charge is 2.24. The van der Waals surface area contributed by atoms with Gasteiger partial charge in [0, 0.05) is 5.92 Å². The minimum Gasteiger partial charge on any atom is -0.380 e. The highest BCUT2D eigenvalue weighted by molar-refractivity contribution is 6.21. The van der Waals surface area contributed by atoms with Crippen molar-refractivity contribution in [3.63, 3.8) is 0 Å². The predicted octanol–water partition coefficient (Wildman–Crippen LogP) is 2.43. The lowest BCUT2D eigenvalue weighted by molar-refractivity contribution is 0.184. The first-order valence-electron chi connectivity index (χ1n) is 4.06. The molecule has 1 heterocycles. The van der Waals surface area contributed by atoms with E-state index < -0.39 is 0 Å². The fraction of sp³-hybridized carbons (Fsp3) is 1.00. The largest absolute Gasteiger partial charge is 0.380 e. The predicted molar refractivity (Wildman–Crippen MR) is 43.5 cm³/mol. The summed E-state index contributed by atoms with van der Waals surface area (Å²) in [7, 11) is 0. The van der Waals surface area contributed by atoms with Gasteiger partial charge < -0.3 is 4.74 Å². The molecule has 1 saturated heterocycles. The quantitative estimate of drug-likeness (QED) is 0.580. The molecule has 1 rings (SSSR count). The van der Waals surface area contributed by atoms with Gasteiger partial charge in [-0.3, -0.25) is 0 Å². The minimum atomic E-state index is 0.284. The smallest absolute Gasteiger partial charge is 0.0633 e. The van der Waals surface area contributed by atoms with Gasteiger partial charge in [0.15, 0.2) is 0 Å². The maximum absolute atomic E-state index is 5.99. The molecule has 0 spiro atoms. The van der Waals surface area contributed by atoms with Crippen LogP contribution in [0.4, 0.5) is 0 Å². The van der Waals surface area contributed by atoms with Crippen molar-refractivity contribution in [1.82, 2.24) is 0 Å². The Labute approximate surface area is 67.7 Å². The number of unbranched alkanes of at least 4 members (excludes halogenated alkanes) is 1. The van der Waals surface area contributed by atoms with Crippen LogP contribution in [0.2, 0.25) is 0 Å². The Balaban J connectivity index is 2.14. The van der Waals surface area contributed by atoms with Crippen LogP contribution in [0.1, 0.15) is 26.2 Å². The van der Waals surface area contributed by atoms with Crippen molar-refractivity contribution in [3.05, 3.63) is 0 Å². The lowest BCUT2D eigenvalue weighted by Crippen LogP contribution is -2.11. The molecule has 0 N–H and O–H groups in total. The zero-order chi connectivity index (χ0) is 7.40. The molecule has 10 heavy (non-hydrogen) atoms. The van der Waals surface area contributed by atoms with E-state index in [1.54, 1.807) is 0 Å². The van der Waals surface area contributed by atoms with Crippen LogP contribution in [0, 0.1) is 5.92 Å². The van der Waals surface area contributed by atoms with Gasteiger partial charge in [-0.1, -0.05) is 19.8 Å². The van der Waals surface area contributed by atoms with Gasteiger partial charge in [-0.15, -0.1) is 11.6 Å². The zero-order valence-corrected chi connectivity index (χ0v) is 7.23. The van der Waals surface area contributed by atoms with Gasteiger partial charge >= 0.3 is 0 Å². The molecule has 60 valence electrons. The molecule has 1 nitrogen and oxygen atoms in total. The molecule has 0 aromatic carbocycles. The maximum Gasteiger partial charge on any atom is 0.0633 e. The van der Waals surface area contributed by atoms with Crippen molar-refractivity contribution in [2.24, 2.45) is 5.92 Å². The molecule has 0 aromatic rings. The van der Waals surface area contributed by atoms with Crippen molar-refractivity contribution in [2.45, 2.75) is 31.6 Å². The third kappa shape index (κ3) is 2.14. The van der Waals surface area contributed by atoms with E-state index in [1.165, 1.54) is 19.3 Å². The molecule has 0 radical (unpaired) electrons. The van der Waals surface area contributed by atoms with Crippen LogP contribution < -0.4 is 0 Å². The van der Waals surface area contributed by atoms with Gasteiger partial charge in [-0.2, -0.15) is 0 Å². The van der Waals surface area contributed by atoms with E-state index in [0.29, 0.717) is 5.92 Å². The van der Waals surface area contributed by atoms with Gasteiger partial charge in [-0.25, -0.2) is 0 Å². The Hall–Kier alpha value is 0.250. The highest BCUT2D eigenvalue weighted by Crippen LogP contribution is 2.23.